The van der Waals surface area contributed by atoms with Gasteiger partial charge in [-0.1, -0.05) is 47.0 Å². The van der Waals surface area contributed by atoms with Crippen molar-refractivity contribution in [3.8, 4) is 0 Å². The molecule has 7 atom stereocenters. The Labute approximate surface area is 211 Å². The van der Waals surface area contributed by atoms with Crippen LogP contribution in [0.2, 0.25) is 0 Å². The quantitative estimate of drug-likeness (QED) is 0.165. The monoisotopic (exact) mass is 566 g/mol. The van der Waals surface area contributed by atoms with Crippen molar-refractivity contribution in [2.45, 2.75) is 91.3 Å². The molecule has 0 bridgehead atoms. The van der Waals surface area contributed by atoms with Crippen LogP contribution in [-0.2, 0) is 14.3 Å². The van der Waals surface area contributed by atoms with Crippen LogP contribution in [0.5, 0.6) is 0 Å². The van der Waals surface area contributed by atoms with Crippen LogP contribution in [0.4, 0.5) is 0 Å². The van der Waals surface area contributed by atoms with Crippen LogP contribution in [0.25, 0.3) is 0 Å². The van der Waals surface area contributed by atoms with Crippen molar-refractivity contribution < 1.29 is 57.2 Å². The average Bonchev–Trinajstić information content (AvgIpc) is 2.70. The number of aliphatic hydroxyl groups excluding tert-OH is 1. The second-order valence-corrected chi connectivity index (χ2v) is 11.6. The molecule has 4 fully saturated rings. The number of fused-ring (bicyclic) bond motifs is 5. The van der Waals surface area contributed by atoms with E-state index in [1.165, 1.54) is 31.8 Å². The van der Waals surface area contributed by atoms with Crippen LogP contribution in [0.3, 0.4) is 0 Å². The number of carbonyl (C=O) groups excluding carboxylic acids is 2. The number of aliphatic hydroxyl groups is 1. The molecule has 5 heteroatoms. The van der Waals surface area contributed by atoms with E-state index in [0.717, 1.165) is 12.8 Å². The van der Waals surface area contributed by atoms with Crippen molar-refractivity contribution >= 4 is 12.3 Å². The summed E-state index contributed by atoms with van der Waals surface area (Å²) in [5, 5.41) is 10.8. The summed E-state index contributed by atoms with van der Waals surface area (Å²) in [5.74, 6) is 0.733. The normalized spacial score (nSPS) is 48.9. The van der Waals surface area contributed by atoms with Gasteiger partial charge in [0.05, 0.1) is 11.7 Å². The van der Waals surface area contributed by atoms with Crippen LogP contribution < -0.4 is 0 Å². The van der Waals surface area contributed by atoms with Crippen LogP contribution in [0, 0.1) is 78.2 Å². The average molecular weight is 566 g/mol. The number of hydrogen-bond acceptors (Lipinski definition) is 4. The zero-order valence-corrected chi connectivity index (χ0v) is 20.9. The predicted molar refractivity (Wildman–Crippen MR) is 112 cm³/mol. The molecule has 0 amide bonds. The van der Waals surface area contributed by atoms with Gasteiger partial charge in [-0.05, 0) is 71.9 Å². The molecule has 1 saturated heterocycles. The Morgan fingerprint density at radius 1 is 1.03 bits per heavy atom. The maximum absolute atomic E-state index is 12.7. The number of ether oxygens (including phenoxy) is 1. The minimum absolute atomic E-state index is 0. The first-order chi connectivity index (χ1) is 13.5. The standard InChI is InChI=1S/C25H37O4.Ho/c1-22(2)10-6-11-23(3)18(22)7-12-24(4)19(23)8-13-25(5)20(24)15-17(27)16(9-14-26)21(28)29-25;/h9,13-14,17-20,27H,6-8,10-12,15H2,1-5H3;/q-1;/b16-9-;/t17-,18-,19+,20-,23-,24+,25-;/m0./s1. The molecule has 173 valence electrons. The second kappa shape index (κ2) is 8.15. The molecule has 1 aliphatic heterocycles. The van der Waals surface area contributed by atoms with Crippen molar-refractivity contribution in [3.63, 3.8) is 0 Å². The fraction of sp³-hybridized carbons (Fsp3) is 0.800. The van der Waals surface area contributed by atoms with E-state index < -0.39 is 17.7 Å². The number of carbonyl (C=O) groups is 2. The van der Waals surface area contributed by atoms with E-state index in [-0.39, 0.29) is 60.1 Å². The molecule has 4 nitrogen and oxygen atoms in total. The van der Waals surface area contributed by atoms with Gasteiger partial charge >= 0.3 is 5.97 Å². The number of esters is 1. The first-order valence-corrected chi connectivity index (χ1v) is 11.4. The Hall–Kier alpha value is 0.0997. The number of aldehydes is 1. The van der Waals surface area contributed by atoms with Gasteiger partial charge < -0.3 is 9.84 Å². The van der Waals surface area contributed by atoms with E-state index in [1.54, 1.807) is 0 Å². The van der Waals surface area contributed by atoms with Gasteiger partial charge in [-0.2, -0.15) is 6.42 Å². The van der Waals surface area contributed by atoms with Gasteiger partial charge in [-0.25, -0.2) is 4.79 Å². The summed E-state index contributed by atoms with van der Waals surface area (Å²) in [4.78, 5) is 23.7. The smallest absolute Gasteiger partial charge is 0.334 e. The van der Waals surface area contributed by atoms with Crippen molar-refractivity contribution in [2.24, 2.45) is 34.0 Å². The van der Waals surface area contributed by atoms with Crippen LogP contribution in [0.1, 0.15) is 79.6 Å². The predicted octanol–water partition coefficient (Wildman–Crippen LogP) is 4.65. The van der Waals surface area contributed by atoms with Gasteiger partial charge in [0.1, 0.15) is 6.29 Å². The molecular weight excluding hydrogens is 529 g/mol. The molecule has 30 heavy (non-hydrogen) atoms. The molecule has 0 unspecified atom stereocenters. The van der Waals surface area contributed by atoms with Gasteiger partial charge in [0.25, 0.3) is 0 Å². The van der Waals surface area contributed by atoms with E-state index in [9.17, 15) is 14.7 Å². The van der Waals surface area contributed by atoms with Gasteiger partial charge in [0.2, 0.25) is 0 Å². The first kappa shape index (κ1) is 24.7. The van der Waals surface area contributed by atoms with Gasteiger partial charge in [0.15, 0.2) is 0 Å². The van der Waals surface area contributed by atoms with E-state index in [1.807, 2.05) is 6.92 Å². The Morgan fingerprint density at radius 3 is 2.37 bits per heavy atom. The third kappa shape index (κ3) is 3.56. The second-order valence-electron chi connectivity index (χ2n) is 11.6. The Bertz CT molecular complexity index is 745. The molecule has 1 radical (unpaired) electrons. The largest absolute Gasteiger partial charge is 0.489 e. The van der Waals surface area contributed by atoms with Crippen molar-refractivity contribution in [3.05, 3.63) is 18.1 Å². The van der Waals surface area contributed by atoms with E-state index in [0.29, 0.717) is 30.0 Å². The molecule has 4 rings (SSSR count). The Balaban J connectivity index is 0.00000256. The molecule has 0 aromatic rings. The van der Waals surface area contributed by atoms with Gasteiger partial charge in [-0.15, -0.1) is 0 Å². The van der Waals surface area contributed by atoms with E-state index >= 15 is 0 Å². The zero-order chi connectivity index (χ0) is 21.2. The summed E-state index contributed by atoms with van der Waals surface area (Å²) in [7, 11) is 0. The maximum atomic E-state index is 12.7. The molecule has 4 aliphatic rings. The van der Waals surface area contributed by atoms with E-state index in [2.05, 4.69) is 34.1 Å². The molecule has 0 spiro atoms. The summed E-state index contributed by atoms with van der Waals surface area (Å²) in [6.45, 7) is 11.8. The van der Waals surface area contributed by atoms with Crippen molar-refractivity contribution in [1.29, 1.82) is 0 Å². The number of hydrogen-bond donors (Lipinski definition) is 1. The first-order valence-electron chi connectivity index (χ1n) is 11.4. The molecule has 1 heterocycles. The van der Waals surface area contributed by atoms with Crippen molar-refractivity contribution in [2.75, 3.05) is 0 Å². The minimum atomic E-state index is -0.947. The topological polar surface area (TPSA) is 63.6 Å². The molecule has 3 aliphatic carbocycles. The molecule has 1 N–H and O–H groups in total. The number of allylic oxidation sites excluding steroid dienone is 1. The van der Waals surface area contributed by atoms with E-state index in [4.69, 9.17) is 4.74 Å². The fourth-order valence-corrected chi connectivity index (χ4v) is 8.40. The third-order valence-electron chi connectivity index (χ3n) is 9.70. The van der Waals surface area contributed by atoms with Gasteiger partial charge in [0, 0.05) is 37.7 Å². The van der Waals surface area contributed by atoms with Gasteiger partial charge in [-0.3, -0.25) is 11.2 Å². The fourth-order valence-electron chi connectivity index (χ4n) is 8.40. The molecular formula is C25H37HoO4-. The summed E-state index contributed by atoms with van der Waals surface area (Å²) in [6.07, 6.45) is 10.6. The molecule has 3 saturated carbocycles. The van der Waals surface area contributed by atoms with Crippen LogP contribution in [0.15, 0.2) is 11.6 Å². The summed E-state index contributed by atoms with van der Waals surface area (Å²) < 4.78 is 5.98. The van der Waals surface area contributed by atoms with Crippen LogP contribution in [-0.4, -0.2) is 29.1 Å². The SMILES string of the molecule is CC1(C)CCC[C@]2(C)[C@H]3C[CH-][C@]4(C)OC(=O)/C(=C\C=O)[C@@H](O)C[C@H]4[C@]3(C)CC[C@@H]12.[Ho]. The summed E-state index contributed by atoms with van der Waals surface area (Å²) in [5.41, 5.74) is 0.0393. The summed E-state index contributed by atoms with van der Waals surface area (Å²) in [6, 6.07) is 0. The Morgan fingerprint density at radius 2 is 1.70 bits per heavy atom. The molecule has 0 aromatic carbocycles. The van der Waals surface area contributed by atoms with Crippen LogP contribution >= 0.6 is 0 Å². The summed E-state index contributed by atoms with van der Waals surface area (Å²) >= 11 is 0. The Kier molecular flexibility index (Phi) is 6.72. The maximum Gasteiger partial charge on any atom is 0.334 e. The zero-order valence-electron chi connectivity index (χ0n) is 19.0. The van der Waals surface area contributed by atoms with Crippen molar-refractivity contribution in [1.82, 2.24) is 0 Å². The molecule has 0 aromatic heterocycles. The third-order valence-corrected chi connectivity index (χ3v) is 9.70. The minimum Gasteiger partial charge on any atom is -0.489 e. The number of rotatable bonds is 1.